The topological polar surface area (TPSA) is 62.1 Å². The first-order valence-electron chi connectivity index (χ1n) is 9.11. The summed E-state index contributed by atoms with van der Waals surface area (Å²) in [6.07, 6.45) is -2.48. The van der Waals surface area contributed by atoms with Gasteiger partial charge in [0.2, 0.25) is 0 Å². The Morgan fingerprint density at radius 3 is 2.46 bits per heavy atom. The largest absolute Gasteiger partial charge is 0.420 e. The van der Waals surface area contributed by atoms with Gasteiger partial charge in [-0.2, -0.15) is 18.3 Å². The standard InChI is InChI=1S/C20H23F3N4O/c1-2-11-24-13-19(28,20(21,22)23)14-25-17-9-6-10-18-16(17)12-26-27(18)15-7-4-3-5-8-15/h3-10,12,24-25,28H,2,11,13-14H2,1H3. The smallest absolute Gasteiger partial charge is 0.381 e. The zero-order valence-electron chi connectivity index (χ0n) is 15.5. The summed E-state index contributed by atoms with van der Waals surface area (Å²) in [5.74, 6) is 0. The number of aromatic nitrogens is 2. The first-order chi connectivity index (χ1) is 13.4. The monoisotopic (exact) mass is 392 g/mol. The lowest BCUT2D eigenvalue weighted by molar-refractivity contribution is -0.252. The molecule has 0 aliphatic heterocycles. The molecule has 0 spiro atoms. The Bertz CT molecular complexity index is 911. The van der Waals surface area contributed by atoms with Crippen molar-refractivity contribution >= 4 is 16.6 Å². The fourth-order valence-electron chi connectivity index (χ4n) is 2.96. The SMILES string of the molecule is CCCNCC(O)(CNc1cccc2c1cnn2-c1ccccc1)C(F)(F)F. The molecule has 0 saturated heterocycles. The summed E-state index contributed by atoms with van der Waals surface area (Å²) in [4.78, 5) is 0. The first-order valence-corrected chi connectivity index (χ1v) is 9.11. The Morgan fingerprint density at radius 1 is 1.04 bits per heavy atom. The quantitative estimate of drug-likeness (QED) is 0.511. The van der Waals surface area contributed by atoms with Crippen molar-refractivity contribution < 1.29 is 18.3 Å². The maximum absolute atomic E-state index is 13.4. The van der Waals surface area contributed by atoms with Gasteiger partial charge in [-0.25, -0.2) is 4.68 Å². The molecule has 0 bridgehead atoms. The summed E-state index contributed by atoms with van der Waals surface area (Å²) < 4.78 is 42.0. The van der Waals surface area contributed by atoms with E-state index in [1.165, 1.54) is 0 Å². The number of para-hydroxylation sites is 1. The van der Waals surface area contributed by atoms with Crippen molar-refractivity contribution in [2.75, 3.05) is 25.0 Å². The molecular weight excluding hydrogens is 369 g/mol. The molecule has 0 saturated carbocycles. The van der Waals surface area contributed by atoms with Gasteiger partial charge in [0.05, 0.1) is 23.9 Å². The Kier molecular flexibility index (Phi) is 5.90. The van der Waals surface area contributed by atoms with E-state index in [9.17, 15) is 18.3 Å². The van der Waals surface area contributed by atoms with E-state index in [4.69, 9.17) is 0 Å². The van der Waals surface area contributed by atoms with Gasteiger partial charge >= 0.3 is 6.18 Å². The average molecular weight is 392 g/mol. The van der Waals surface area contributed by atoms with E-state index in [1.54, 1.807) is 23.0 Å². The zero-order chi connectivity index (χ0) is 20.2. The molecule has 1 atom stereocenters. The minimum absolute atomic E-state index is 0.401. The Labute approximate surface area is 161 Å². The third-order valence-electron chi connectivity index (χ3n) is 4.56. The number of aliphatic hydroxyl groups is 1. The van der Waals surface area contributed by atoms with E-state index >= 15 is 0 Å². The molecule has 0 aliphatic carbocycles. The normalized spacial score (nSPS) is 14.2. The summed E-state index contributed by atoms with van der Waals surface area (Å²) in [5.41, 5.74) is -0.779. The molecule has 150 valence electrons. The molecular formula is C20H23F3N4O. The Hall–Kier alpha value is -2.58. The van der Waals surface area contributed by atoms with Gasteiger partial charge in [-0.3, -0.25) is 0 Å². The first kappa shape index (κ1) is 20.2. The molecule has 3 N–H and O–H groups in total. The molecule has 1 aromatic heterocycles. The van der Waals surface area contributed by atoms with Gasteiger partial charge in [-0.05, 0) is 37.2 Å². The highest BCUT2D eigenvalue weighted by Gasteiger charge is 2.53. The minimum Gasteiger partial charge on any atom is -0.381 e. The summed E-state index contributed by atoms with van der Waals surface area (Å²) in [6.45, 7) is 1.01. The van der Waals surface area contributed by atoms with Gasteiger partial charge in [0.1, 0.15) is 0 Å². The number of fused-ring (bicyclic) bond motifs is 1. The van der Waals surface area contributed by atoms with E-state index in [2.05, 4.69) is 15.7 Å². The Morgan fingerprint density at radius 2 is 1.79 bits per heavy atom. The second-order valence-corrected chi connectivity index (χ2v) is 6.69. The van der Waals surface area contributed by atoms with Gasteiger partial charge in [0.25, 0.3) is 0 Å². The lowest BCUT2D eigenvalue weighted by Gasteiger charge is -2.31. The second kappa shape index (κ2) is 8.20. The molecule has 0 radical (unpaired) electrons. The van der Waals surface area contributed by atoms with Crippen molar-refractivity contribution in [1.29, 1.82) is 0 Å². The molecule has 0 amide bonds. The van der Waals surface area contributed by atoms with Crippen molar-refractivity contribution in [1.82, 2.24) is 15.1 Å². The number of benzene rings is 2. The maximum Gasteiger partial charge on any atom is 0.420 e. The molecule has 2 aromatic carbocycles. The maximum atomic E-state index is 13.4. The van der Waals surface area contributed by atoms with Crippen LogP contribution in [0.3, 0.4) is 0 Å². The van der Waals surface area contributed by atoms with Crippen molar-refractivity contribution in [3.63, 3.8) is 0 Å². The summed E-state index contributed by atoms with van der Waals surface area (Å²) in [5, 5.41) is 20.7. The number of hydrogen-bond acceptors (Lipinski definition) is 4. The molecule has 28 heavy (non-hydrogen) atoms. The van der Waals surface area contributed by atoms with Gasteiger partial charge < -0.3 is 15.7 Å². The molecule has 5 nitrogen and oxygen atoms in total. The average Bonchev–Trinajstić information content (AvgIpc) is 3.11. The third-order valence-corrected chi connectivity index (χ3v) is 4.56. The van der Waals surface area contributed by atoms with Crippen LogP contribution in [0.25, 0.3) is 16.6 Å². The van der Waals surface area contributed by atoms with Crippen molar-refractivity contribution in [2.24, 2.45) is 0 Å². The van der Waals surface area contributed by atoms with Crippen LogP contribution >= 0.6 is 0 Å². The van der Waals surface area contributed by atoms with E-state index in [0.717, 1.165) is 11.2 Å². The summed E-state index contributed by atoms with van der Waals surface area (Å²) in [7, 11) is 0. The van der Waals surface area contributed by atoms with Crippen LogP contribution in [-0.4, -0.2) is 46.3 Å². The van der Waals surface area contributed by atoms with Gasteiger partial charge in [-0.1, -0.05) is 31.2 Å². The fourth-order valence-corrected chi connectivity index (χ4v) is 2.96. The minimum atomic E-state index is -4.76. The molecule has 1 heterocycles. The van der Waals surface area contributed by atoms with Crippen LogP contribution in [0.4, 0.5) is 18.9 Å². The lowest BCUT2D eigenvalue weighted by atomic mass is 10.0. The molecule has 0 aliphatic rings. The van der Waals surface area contributed by atoms with Gasteiger partial charge in [0.15, 0.2) is 5.60 Å². The third kappa shape index (κ3) is 4.13. The van der Waals surface area contributed by atoms with E-state index in [0.29, 0.717) is 24.0 Å². The molecule has 8 heteroatoms. The van der Waals surface area contributed by atoms with Crippen LogP contribution in [0.1, 0.15) is 13.3 Å². The van der Waals surface area contributed by atoms with Crippen molar-refractivity contribution in [3.05, 3.63) is 54.7 Å². The highest BCUT2D eigenvalue weighted by Crippen LogP contribution is 2.32. The molecule has 0 fully saturated rings. The number of hydrogen-bond donors (Lipinski definition) is 3. The lowest BCUT2D eigenvalue weighted by Crippen LogP contribution is -2.57. The van der Waals surface area contributed by atoms with E-state index in [1.807, 2.05) is 43.3 Å². The highest BCUT2D eigenvalue weighted by atomic mass is 19.4. The van der Waals surface area contributed by atoms with Crippen LogP contribution in [0.5, 0.6) is 0 Å². The number of alkyl halides is 3. The predicted octanol–water partition coefficient (Wildman–Crippen LogP) is 3.73. The number of anilines is 1. The van der Waals surface area contributed by atoms with Crippen LogP contribution in [0, 0.1) is 0 Å². The predicted molar refractivity (Wildman–Crippen MR) is 104 cm³/mol. The van der Waals surface area contributed by atoms with Crippen LogP contribution < -0.4 is 10.6 Å². The van der Waals surface area contributed by atoms with Crippen LogP contribution in [0.2, 0.25) is 0 Å². The fraction of sp³-hybridized carbons (Fsp3) is 0.350. The van der Waals surface area contributed by atoms with Crippen LogP contribution in [-0.2, 0) is 0 Å². The number of nitrogens with zero attached hydrogens (tertiary/aromatic N) is 2. The second-order valence-electron chi connectivity index (χ2n) is 6.69. The van der Waals surface area contributed by atoms with Gasteiger partial charge in [-0.15, -0.1) is 0 Å². The zero-order valence-corrected chi connectivity index (χ0v) is 15.5. The molecule has 3 aromatic rings. The van der Waals surface area contributed by atoms with Crippen molar-refractivity contribution in [3.8, 4) is 5.69 Å². The molecule has 1 unspecified atom stereocenters. The van der Waals surface area contributed by atoms with E-state index < -0.39 is 24.9 Å². The van der Waals surface area contributed by atoms with Crippen LogP contribution in [0.15, 0.2) is 54.7 Å². The molecule has 3 rings (SSSR count). The summed E-state index contributed by atoms with van der Waals surface area (Å²) in [6, 6.07) is 14.7. The summed E-state index contributed by atoms with van der Waals surface area (Å²) >= 11 is 0. The highest BCUT2D eigenvalue weighted by molar-refractivity contribution is 5.92. The van der Waals surface area contributed by atoms with E-state index in [-0.39, 0.29) is 0 Å². The van der Waals surface area contributed by atoms with Crippen molar-refractivity contribution in [2.45, 2.75) is 25.1 Å². The van der Waals surface area contributed by atoms with Gasteiger partial charge in [0, 0.05) is 17.6 Å². The number of nitrogens with one attached hydrogen (secondary N) is 2. The number of halogens is 3. The Balaban J connectivity index is 1.85. The number of rotatable bonds is 8.